The number of ether oxygens (including phenoxy) is 1. The molecule has 5 heteroatoms. The minimum absolute atomic E-state index is 0.244. The molecule has 1 atom stereocenters. The summed E-state index contributed by atoms with van der Waals surface area (Å²) in [5.41, 5.74) is 7.52. The van der Waals surface area contributed by atoms with Crippen molar-refractivity contribution in [2.24, 2.45) is 5.73 Å². The molecule has 0 aliphatic heterocycles. The zero-order valence-electron chi connectivity index (χ0n) is 10.2. The van der Waals surface area contributed by atoms with Gasteiger partial charge in [0.15, 0.2) is 0 Å². The highest BCUT2D eigenvalue weighted by molar-refractivity contribution is 6.30. The lowest BCUT2D eigenvalue weighted by Crippen LogP contribution is -2.11. The van der Waals surface area contributed by atoms with Gasteiger partial charge in [-0.05, 0) is 19.1 Å². The van der Waals surface area contributed by atoms with Crippen molar-refractivity contribution in [2.75, 3.05) is 7.11 Å². The third kappa shape index (κ3) is 2.78. The number of hydrogen-bond acceptors (Lipinski definition) is 4. The molecule has 0 bridgehead atoms. The molecule has 0 aliphatic carbocycles. The number of hydrogen-bond donors (Lipinski definition) is 1. The maximum Gasteiger partial charge on any atom is 0.216 e. The number of nitrogens with zero attached hydrogens (tertiary/aromatic N) is 2. The normalized spacial score (nSPS) is 12.2. The van der Waals surface area contributed by atoms with Crippen LogP contribution in [0.2, 0.25) is 5.02 Å². The fourth-order valence-electron chi connectivity index (χ4n) is 1.52. The second kappa shape index (κ2) is 5.33. The number of aromatic nitrogens is 2. The van der Waals surface area contributed by atoms with Gasteiger partial charge in [0.25, 0.3) is 0 Å². The van der Waals surface area contributed by atoms with Crippen LogP contribution < -0.4 is 10.5 Å². The number of halogens is 1. The minimum Gasteiger partial charge on any atom is -0.481 e. The number of methoxy groups -OCH3 is 1. The van der Waals surface area contributed by atoms with E-state index in [0.29, 0.717) is 16.7 Å². The predicted octanol–water partition coefficient (Wildman–Crippen LogP) is 2.83. The van der Waals surface area contributed by atoms with Gasteiger partial charge >= 0.3 is 0 Å². The highest BCUT2D eigenvalue weighted by atomic mass is 35.5. The zero-order valence-corrected chi connectivity index (χ0v) is 11.0. The van der Waals surface area contributed by atoms with E-state index in [1.807, 2.05) is 31.2 Å². The van der Waals surface area contributed by atoms with E-state index in [-0.39, 0.29) is 6.04 Å². The first-order valence-electron chi connectivity index (χ1n) is 5.54. The molecule has 0 spiro atoms. The Morgan fingerprint density at radius 3 is 2.44 bits per heavy atom. The third-order valence-electron chi connectivity index (χ3n) is 2.48. The molecule has 2 rings (SSSR count). The third-order valence-corrected chi connectivity index (χ3v) is 2.73. The lowest BCUT2D eigenvalue weighted by molar-refractivity contribution is 0.394. The summed E-state index contributed by atoms with van der Waals surface area (Å²) < 4.78 is 5.16. The molecule has 1 heterocycles. The molecular weight excluding hydrogens is 250 g/mol. The second-order valence-electron chi connectivity index (χ2n) is 3.95. The van der Waals surface area contributed by atoms with Crippen LogP contribution in [-0.2, 0) is 0 Å². The molecule has 1 aromatic carbocycles. The largest absolute Gasteiger partial charge is 0.481 e. The average molecular weight is 264 g/mol. The minimum atomic E-state index is -0.244. The summed E-state index contributed by atoms with van der Waals surface area (Å²) in [7, 11) is 1.57. The predicted molar refractivity (Wildman–Crippen MR) is 71.6 cm³/mol. The Hall–Kier alpha value is -1.65. The van der Waals surface area contributed by atoms with Gasteiger partial charge in [-0.3, -0.25) is 0 Å². The van der Waals surface area contributed by atoms with E-state index in [9.17, 15) is 0 Å². The molecular formula is C13H14ClN3O. The molecule has 0 amide bonds. The molecule has 18 heavy (non-hydrogen) atoms. The van der Waals surface area contributed by atoms with Crippen LogP contribution in [0.3, 0.4) is 0 Å². The van der Waals surface area contributed by atoms with Gasteiger partial charge in [0.1, 0.15) is 5.82 Å². The molecule has 94 valence electrons. The Morgan fingerprint density at radius 1 is 1.22 bits per heavy atom. The number of benzene rings is 1. The molecule has 4 nitrogen and oxygen atoms in total. The smallest absolute Gasteiger partial charge is 0.216 e. The first-order valence-corrected chi connectivity index (χ1v) is 5.92. The maximum absolute atomic E-state index is 5.86. The molecule has 0 saturated heterocycles. The Morgan fingerprint density at radius 2 is 1.89 bits per heavy atom. The van der Waals surface area contributed by atoms with Crippen molar-refractivity contribution in [3.63, 3.8) is 0 Å². The Balaban J connectivity index is 2.49. The van der Waals surface area contributed by atoms with Crippen molar-refractivity contribution in [2.45, 2.75) is 13.0 Å². The summed E-state index contributed by atoms with van der Waals surface area (Å²) in [5.74, 6) is 1.06. The standard InChI is InChI=1S/C13H14ClN3O/c1-8(15)13-16-11(7-12(17-13)18-2)9-3-5-10(14)6-4-9/h3-8H,15H2,1-2H3. The van der Waals surface area contributed by atoms with Gasteiger partial charge in [-0.15, -0.1) is 0 Å². The Labute approximate surface area is 111 Å². The van der Waals surface area contributed by atoms with Crippen LogP contribution in [0.15, 0.2) is 30.3 Å². The van der Waals surface area contributed by atoms with E-state index in [0.717, 1.165) is 11.3 Å². The average Bonchev–Trinajstić information content (AvgIpc) is 2.39. The van der Waals surface area contributed by atoms with E-state index in [1.54, 1.807) is 13.2 Å². The van der Waals surface area contributed by atoms with Gasteiger partial charge in [-0.25, -0.2) is 4.98 Å². The van der Waals surface area contributed by atoms with Gasteiger partial charge in [0.05, 0.1) is 18.8 Å². The summed E-state index contributed by atoms with van der Waals surface area (Å²) in [4.78, 5) is 8.63. The van der Waals surface area contributed by atoms with E-state index >= 15 is 0 Å². The van der Waals surface area contributed by atoms with Crippen molar-refractivity contribution < 1.29 is 4.74 Å². The zero-order chi connectivity index (χ0) is 13.1. The molecule has 0 aliphatic rings. The van der Waals surface area contributed by atoms with Crippen LogP contribution in [0.1, 0.15) is 18.8 Å². The maximum atomic E-state index is 5.86. The number of rotatable bonds is 3. The first kappa shape index (κ1) is 12.8. The molecule has 1 unspecified atom stereocenters. The van der Waals surface area contributed by atoms with Crippen molar-refractivity contribution in [1.29, 1.82) is 0 Å². The molecule has 0 radical (unpaired) electrons. The lowest BCUT2D eigenvalue weighted by Gasteiger charge is -2.09. The fraction of sp³-hybridized carbons (Fsp3) is 0.231. The lowest BCUT2D eigenvalue weighted by atomic mass is 10.1. The van der Waals surface area contributed by atoms with E-state index in [1.165, 1.54) is 0 Å². The van der Waals surface area contributed by atoms with Crippen LogP contribution in [0.4, 0.5) is 0 Å². The van der Waals surface area contributed by atoms with Gasteiger partial charge in [0.2, 0.25) is 5.88 Å². The molecule has 1 aromatic heterocycles. The van der Waals surface area contributed by atoms with Crippen LogP contribution in [0, 0.1) is 0 Å². The summed E-state index contributed by atoms with van der Waals surface area (Å²) in [5, 5.41) is 0.687. The van der Waals surface area contributed by atoms with Crippen LogP contribution in [0.25, 0.3) is 11.3 Å². The Bertz CT molecular complexity index is 540. The van der Waals surface area contributed by atoms with Gasteiger partial charge in [-0.2, -0.15) is 4.98 Å². The van der Waals surface area contributed by atoms with Crippen LogP contribution >= 0.6 is 11.6 Å². The van der Waals surface area contributed by atoms with Gasteiger partial charge in [0, 0.05) is 16.7 Å². The molecule has 2 aromatic rings. The molecule has 0 saturated carbocycles. The second-order valence-corrected chi connectivity index (χ2v) is 4.39. The van der Waals surface area contributed by atoms with Gasteiger partial charge < -0.3 is 10.5 Å². The molecule has 0 fully saturated rings. The van der Waals surface area contributed by atoms with Crippen LogP contribution in [0.5, 0.6) is 5.88 Å². The van der Waals surface area contributed by atoms with E-state index < -0.39 is 0 Å². The monoisotopic (exact) mass is 263 g/mol. The summed E-state index contributed by atoms with van der Waals surface area (Å²) in [6, 6.07) is 8.96. The quantitative estimate of drug-likeness (QED) is 0.925. The Kier molecular flexibility index (Phi) is 3.79. The number of nitrogens with two attached hydrogens (primary N) is 1. The topological polar surface area (TPSA) is 61.0 Å². The first-order chi connectivity index (χ1) is 8.60. The van der Waals surface area contributed by atoms with E-state index in [4.69, 9.17) is 22.1 Å². The summed E-state index contributed by atoms with van der Waals surface area (Å²) >= 11 is 5.86. The SMILES string of the molecule is COc1cc(-c2ccc(Cl)cc2)nc(C(C)N)n1. The van der Waals surface area contributed by atoms with Crippen molar-refractivity contribution in [3.05, 3.63) is 41.2 Å². The highest BCUT2D eigenvalue weighted by Gasteiger charge is 2.10. The van der Waals surface area contributed by atoms with Crippen molar-refractivity contribution in [1.82, 2.24) is 9.97 Å². The van der Waals surface area contributed by atoms with E-state index in [2.05, 4.69) is 9.97 Å². The van der Waals surface area contributed by atoms with Crippen molar-refractivity contribution >= 4 is 11.6 Å². The highest BCUT2D eigenvalue weighted by Crippen LogP contribution is 2.23. The van der Waals surface area contributed by atoms with Gasteiger partial charge in [-0.1, -0.05) is 23.7 Å². The van der Waals surface area contributed by atoms with Crippen molar-refractivity contribution in [3.8, 4) is 17.1 Å². The molecule has 2 N–H and O–H groups in total. The summed E-state index contributed by atoms with van der Waals surface area (Å²) in [6.07, 6.45) is 0. The van der Waals surface area contributed by atoms with Crippen LogP contribution in [-0.4, -0.2) is 17.1 Å². The fourth-order valence-corrected chi connectivity index (χ4v) is 1.65. The summed E-state index contributed by atoms with van der Waals surface area (Å²) in [6.45, 7) is 1.83.